The van der Waals surface area contributed by atoms with E-state index in [1.54, 1.807) is 0 Å². The van der Waals surface area contributed by atoms with Gasteiger partial charge >= 0.3 is 0 Å². The molecule has 0 amide bonds. The van der Waals surface area contributed by atoms with Crippen molar-refractivity contribution >= 4 is 39.2 Å². The molecule has 5 nitrogen and oxygen atoms in total. The molecule has 1 aliphatic carbocycles. The van der Waals surface area contributed by atoms with Gasteiger partial charge in [-0.05, 0) is 62.5 Å². The summed E-state index contributed by atoms with van der Waals surface area (Å²) in [4.78, 5) is 11.8. The Labute approximate surface area is 196 Å². The lowest BCUT2D eigenvalue weighted by molar-refractivity contribution is 0.195. The number of benzene rings is 1. The Morgan fingerprint density at radius 3 is 2.74 bits per heavy atom. The van der Waals surface area contributed by atoms with Crippen molar-refractivity contribution in [3.05, 3.63) is 80.6 Å². The number of piperazine rings is 1. The van der Waals surface area contributed by atoms with Gasteiger partial charge in [0, 0.05) is 66.7 Å². The summed E-state index contributed by atoms with van der Waals surface area (Å²) in [5.74, 6) is 0.151. The minimum atomic E-state index is 0.0879. The van der Waals surface area contributed by atoms with E-state index in [0.29, 0.717) is 0 Å². The van der Waals surface area contributed by atoms with Gasteiger partial charge in [0.2, 0.25) is 0 Å². The molecule has 1 saturated heterocycles. The lowest BCUT2D eigenvalue weighted by Gasteiger charge is -2.36. The minimum absolute atomic E-state index is 0.0879. The zero-order valence-electron chi connectivity index (χ0n) is 17.6. The van der Waals surface area contributed by atoms with Crippen LogP contribution in [0.15, 0.2) is 47.5 Å². The van der Waals surface area contributed by atoms with Crippen molar-refractivity contribution in [2.45, 2.75) is 18.9 Å². The Morgan fingerprint density at radius 2 is 2.00 bits per heavy atom. The molecule has 0 spiro atoms. The fourth-order valence-electron chi connectivity index (χ4n) is 4.83. The molecule has 31 heavy (non-hydrogen) atoms. The van der Waals surface area contributed by atoms with Crippen molar-refractivity contribution in [1.29, 1.82) is 0 Å². The Bertz CT molecular complexity index is 1150. The number of rotatable bonds is 3. The number of pyridine rings is 1. The zero-order chi connectivity index (χ0) is 21.5. The molecule has 2 aromatic heterocycles. The SMILES string of the molecule is CC(C1=Cc2cc(Br)cnc2[C@H](N2CCNCC2)c2ccc(Cl)cc21)c1cncn1C. The van der Waals surface area contributed by atoms with Crippen LogP contribution in [0.4, 0.5) is 0 Å². The van der Waals surface area contributed by atoms with Crippen LogP contribution in [0.5, 0.6) is 0 Å². The van der Waals surface area contributed by atoms with E-state index in [1.165, 1.54) is 22.4 Å². The summed E-state index contributed by atoms with van der Waals surface area (Å²) in [6, 6.07) is 8.58. The Hall–Kier alpha value is -1.99. The van der Waals surface area contributed by atoms with E-state index < -0.39 is 0 Å². The number of allylic oxidation sites excluding steroid dienone is 1. The molecule has 0 radical (unpaired) electrons. The van der Waals surface area contributed by atoms with Gasteiger partial charge in [-0.1, -0.05) is 24.6 Å². The highest BCUT2D eigenvalue weighted by Gasteiger charge is 2.33. The van der Waals surface area contributed by atoms with Crippen LogP contribution in [0.2, 0.25) is 5.02 Å². The smallest absolute Gasteiger partial charge is 0.0945 e. The van der Waals surface area contributed by atoms with Gasteiger partial charge in [-0.2, -0.15) is 0 Å². The van der Waals surface area contributed by atoms with Crippen LogP contribution in [-0.4, -0.2) is 45.6 Å². The molecule has 3 heterocycles. The molecule has 1 aliphatic heterocycles. The van der Waals surface area contributed by atoms with Gasteiger partial charge in [0.25, 0.3) is 0 Å². The van der Waals surface area contributed by atoms with Crippen molar-refractivity contribution < 1.29 is 0 Å². The minimum Gasteiger partial charge on any atom is -0.337 e. The number of halogens is 2. The maximum Gasteiger partial charge on any atom is 0.0945 e. The predicted octanol–water partition coefficient (Wildman–Crippen LogP) is 4.88. The number of nitrogens with one attached hydrogen (secondary N) is 1. The van der Waals surface area contributed by atoms with Crippen molar-refractivity contribution in [2.75, 3.05) is 26.2 Å². The van der Waals surface area contributed by atoms with Crippen LogP contribution >= 0.6 is 27.5 Å². The summed E-state index contributed by atoms with van der Waals surface area (Å²) < 4.78 is 3.08. The Balaban J connectivity index is 1.75. The molecule has 1 aromatic carbocycles. The topological polar surface area (TPSA) is 46.0 Å². The number of hydrogen-bond acceptors (Lipinski definition) is 4. The molecule has 3 aromatic rings. The third kappa shape index (κ3) is 3.87. The van der Waals surface area contributed by atoms with Crippen LogP contribution in [0.1, 0.15) is 47.0 Å². The first-order chi connectivity index (χ1) is 15.0. The average molecular weight is 499 g/mol. The van der Waals surface area contributed by atoms with Crippen LogP contribution in [0.25, 0.3) is 11.6 Å². The first-order valence-electron chi connectivity index (χ1n) is 10.6. The summed E-state index contributed by atoms with van der Waals surface area (Å²) in [6.45, 7) is 6.17. The third-order valence-corrected chi connectivity index (χ3v) is 7.06. The quantitative estimate of drug-likeness (QED) is 0.559. The van der Waals surface area contributed by atoms with E-state index in [4.69, 9.17) is 16.6 Å². The second-order valence-corrected chi connectivity index (χ2v) is 9.65. The van der Waals surface area contributed by atoms with Gasteiger partial charge in [0.15, 0.2) is 0 Å². The molecule has 1 unspecified atom stereocenters. The fraction of sp³-hybridized carbons (Fsp3) is 0.333. The normalized spacial score (nSPS) is 19.9. The first kappa shape index (κ1) is 20.9. The maximum absolute atomic E-state index is 6.53. The van der Waals surface area contributed by atoms with Crippen molar-refractivity contribution in [3.8, 4) is 0 Å². The van der Waals surface area contributed by atoms with E-state index in [-0.39, 0.29) is 12.0 Å². The van der Waals surface area contributed by atoms with Gasteiger partial charge in [-0.15, -0.1) is 0 Å². The Morgan fingerprint density at radius 1 is 1.19 bits per heavy atom. The van der Waals surface area contributed by atoms with Gasteiger partial charge in [0.1, 0.15) is 0 Å². The van der Waals surface area contributed by atoms with Gasteiger partial charge in [0.05, 0.1) is 18.1 Å². The maximum atomic E-state index is 6.53. The largest absolute Gasteiger partial charge is 0.337 e. The first-order valence-corrected chi connectivity index (χ1v) is 11.8. The summed E-state index contributed by atoms with van der Waals surface area (Å²) in [7, 11) is 2.05. The van der Waals surface area contributed by atoms with E-state index >= 15 is 0 Å². The van der Waals surface area contributed by atoms with Crippen molar-refractivity contribution in [2.24, 2.45) is 7.05 Å². The lowest BCUT2D eigenvalue weighted by atomic mass is 9.87. The molecule has 7 heteroatoms. The van der Waals surface area contributed by atoms with Gasteiger partial charge in [-0.3, -0.25) is 9.88 Å². The zero-order valence-corrected chi connectivity index (χ0v) is 20.0. The summed E-state index contributed by atoms with van der Waals surface area (Å²) in [5.41, 5.74) is 7.11. The summed E-state index contributed by atoms with van der Waals surface area (Å²) >= 11 is 10.2. The predicted molar refractivity (Wildman–Crippen MR) is 129 cm³/mol. The second kappa shape index (κ2) is 8.51. The fourth-order valence-corrected chi connectivity index (χ4v) is 5.35. The number of nitrogens with zero attached hydrogens (tertiary/aromatic N) is 4. The monoisotopic (exact) mass is 497 g/mol. The van der Waals surface area contributed by atoms with E-state index in [9.17, 15) is 0 Å². The van der Waals surface area contributed by atoms with E-state index in [2.05, 4.69) is 66.9 Å². The highest BCUT2D eigenvalue weighted by molar-refractivity contribution is 9.10. The highest BCUT2D eigenvalue weighted by atomic mass is 79.9. The molecule has 0 bridgehead atoms. The standard InChI is InChI=1S/C24H25BrClN5/c1-15(22-13-28-14-30(22)2)20-10-16-9-17(25)12-29-23(16)24(31-7-5-27-6-8-31)19-4-3-18(26)11-21(19)20/h3-4,9-15,24,27H,5-8H2,1-2H3/t15?,24-/m1/s1. The van der Waals surface area contributed by atoms with Crippen LogP contribution < -0.4 is 5.32 Å². The molecule has 2 aliphatic rings. The molecule has 160 valence electrons. The van der Waals surface area contributed by atoms with Crippen LogP contribution in [0.3, 0.4) is 0 Å². The van der Waals surface area contributed by atoms with Crippen LogP contribution in [-0.2, 0) is 7.05 Å². The highest BCUT2D eigenvalue weighted by Crippen LogP contribution is 2.44. The molecule has 5 rings (SSSR count). The van der Waals surface area contributed by atoms with Crippen molar-refractivity contribution in [1.82, 2.24) is 24.8 Å². The van der Waals surface area contributed by atoms with E-state index in [0.717, 1.165) is 46.9 Å². The molecular formula is C24H25BrClN5. The van der Waals surface area contributed by atoms with Crippen LogP contribution in [0, 0.1) is 0 Å². The molecule has 1 fully saturated rings. The molecular weight excluding hydrogens is 474 g/mol. The second-order valence-electron chi connectivity index (χ2n) is 8.30. The number of imidazole rings is 1. The number of hydrogen-bond donors (Lipinski definition) is 1. The molecule has 2 atom stereocenters. The third-order valence-electron chi connectivity index (χ3n) is 6.39. The summed E-state index contributed by atoms with van der Waals surface area (Å²) in [6.07, 6.45) is 8.02. The number of aromatic nitrogens is 3. The molecule has 1 N–H and O–H groups in total. The molecule has 0 saturated carbocycles. The van der Waals surface area contributed by atoms with Gasteiger partial charge in [-0.25, -0.2) is 4.98 Å². The van der Waals surface area contributed by atoms with E-state index in [1.807, 2.05) is 31.8 Å². The number of fused-ring (bicyclic) bond motifs is 2. The van der Waals surface area contributed by atoms with Crippen molar-refractivity contribution in [3.63, 3.8) is 0 Å². The lowest BCUT2D eigenvalue weighted by Crippen LogP contribution is -2.45. The number of aryl methyl sites for hydroxylation is 1. The average Bonchev–Trinajstić information content (AvgIpc) is 3.14. The summed E-state index contributed by atoms with van der Waals surface area (Å²) in [5, 5.41) is 4.22. The Kier molecular flexibility index (Phi) is 5.73. The van der Waals surface area contributed by atoms with Gasteiger partial charge < -0.3 is 9.88 Å².